The van der Waals surface area contributed by atoms with Gasteiger partial charge < -0.3 is 9.47 Å². The Kier molecular flexibility index (Phi) is 6.57. The van der Waals surface area contributed by atoms with Gasteiger partial charge in [0, 0.05) is 5.56 Å². The van der Waals surface area contributed by atoms with Crippen LogP contribution in [0.4, 0.5) is 0 Å². The molecule has 160 valence electrons. The molecule has 0 saturated heterocycles. The number of amides is 4. The van der Waals surface area contributed by atoms with Crippen LogP contribution < -0.4 is 10.1 Å². The maximum absolute atomic E-state index is 12.4. The lowest BCUT2D eigenvalue weighted by atomic mass is 10.1. The third kappa shape index (κ3) is 4.84. The highest BCUT2D eigenvalue weighted by Crippen LogP contribution is 2.31. The van der Waals surface area contributed by atoms with Crippen molar-refractivity contribution in [1.29, 1.82) is 0 Å². The number of nitrogens with zero attached hydrogens (tertiary/aromatic N) is 1. The van der Waals surface area contributed by atoms with E-state index in [0.717, 1.165) is 0 Å². The number of carbonyl (C=O) groups excluding carboxylic acids is 5. The number of nitrogens with one attached hydrogen (secondary N) is 1. The fourth-order valence-electron chi connectivity index (χ4n) is 2.73. The molecule has 0 unspecified atom stereocenters. The third-order valence-corrected chi connectivity index (χ3v) is 4.99. The van der Waals surface area contributed by atoms with Crippen LogP contribution in [0, 0.1) is 0 Å². The van der Waals surface area contributed by atoms with E-state index in [9.17, 15) is 24.0 Å². The van der Waals surface area contributed by atoms with Crippen LogP contribution in [-0.4, -0.2) is 54.8 Å². The largest absolute Gasteiger partial charge is 0.497 e. The minimum Gasteiger partial charge on any atom is -0.497 e. The summed E-state index contributed by atoms with van der Waals surface area (Å²) >= 11 is 11.7. The zero-order chi connectivity index (χ0) is 22.7. The molecule has 1 heterocycles. The fourth-order valence-corrected chi connectivity index (χ4v) is 3.05. The van der Waals surface area contributed by atoms with Gasteiger partial charge in [0.1, 0.15) is 12.3 Å². The summed E-state index contributed by atoms with van der Waals surface area (Å²) in [5.41, 5.74) is 0.217. The van der Waals surface area contributed by atoms with Crippen molar-refractivity contribution in [2.45, 2.75) is 0 Å². The van der Waals surface area contributed by atoms with Gasteiger partial charge in [-0.15, -0.1) is 0 Å². The van der Waals surface area contributed by atoms with Gasteiger partial charge in [-0.25, -0.2) is 0 Å². The first-order valence-electron chi connectivity index (χ1n) is 8.70. The first-order chi connectivity index (χ1) is 14.7. The Labute approximate surface area is 185 Å². The monoisotopic (exact) mass is 464 g/mol. The number of esters is 1. The Bertz CT molecular complexity index is 1060. The van der Waals surface area contributed by atoms with Gasteiger partial charge in [-0.2, -0.15) is 0 Å². The molecule has 0 atom stereocenters. The molecule has 11 heteroatoms. The highest BCUT2D eigenvalue weighted by molar-refractivity contribution is 6.43. The molecule has 2 aromatic carbocycles. The summed E-state index contributed by atoms with van der Waals surface area (Å²) in [4.78, 5) is 61.2. The molecule has 0 aliphatic carbocycles. The van der Waals surface area contributed by atoms with Gasteiger partial charge in [0.25, 0.3) is 23.6 Å². The number of methoxy groups -OCH3 is 1. The molecule has 0 spiro atoms. The molecule has 0 bridgehead atoms. The Morgan fingerprint density at radius 2 is 1.52 bits per heavy atom. The second-order valence-electron chi connectivity index (χ2n) is 6.27. The highest BCUT2D eigenvalue weighted by atomic mass is 35.5. The highest BCUT2D eigenvalue weighted by Gasteiger charge is 2.37. The quantitative estimate of drug-likeness (QED) is 0.513. The predicted octanol–water partition coefficient (Wildman–Crippen LogP) is 2.10. The van der Waals surface area contributed by atoms with Crippen LogP contribution in [0.5, 0.6) is 5.75 Å². The second-order valence-corrected chi connectivity index (χ2v) is 7.09. The number of hydrogen-bond donors (Lipinski definition) is 1. The van der Waals surface area contributed by atoms with E-state index >= 15 is 0 Å². The fraction of sp³-hybridized carbons (Fsp3) is 0.150. The van der Waals surface area contributed by atoms with Crippen molar-refractivity contribution in [3.05, 3.63) is 63.1 Å². The third-order valence-electron chi connectivity index (χ3n) is 4.27. The molecule has 2 aromatic rings. The molecule has 0 fully saturated rings. The van der Waals surface area contributed by atoms with Gasteiger partial charge in [0.15, 0.2) is 6.61 Å². The van der Waals surface area contributed by atoms with Crippen molar-refractivity contribution in [1.82, 2.24) is 10.2 Å². The number of rotatable bonds is 6. The molecule has 4 amide bonds. The zero-order valence-electron chi connectivity index (χ0n) is 15.9. The van der Waals surface area contributed by atoms with E-state index in [4.69, 9.17) is 32.7 Å². The van der Waals surface area contributed by atoms with Crippen molar-refractivity contribution in [3.63, 3.8) is 0 Å². The average molecular weight is 465 g/mol. The Balaban J connectivity index is 1.53. The lowest BCUT2D eigenvalue weighted by Crippen LogP contribution is -2.38. The van der Waals surface area contributed by atoms with E-state index in [0.29, 0.717) is 10.6 Å². The van der Waals surface area contributed by atoms with Crippen LogP contribution >= 0.6 is 23.2 Å². The van der Waals surface area contributed by atoms with Crippen LogP contribution in [0.1, 0.15) is 31.1 Å². The second kappa shape index (κ2) is 9.15. The van der Waals surface area contributed by atoms with Crippen LogP contribution in [0.25, 0.3) is 0 Å². The van der Waals surface area contributed by atoms with E-state index in [2.05, 4.69) is 5.32 Å². The van der Waals surface area contributed by atoms with Crippen LogP contribution in [0.2, 0.25) is 10.0 Å². The van der Waals surface area contributed by atoms with E-state index < -0.39 is 42.7 Å². The van der Waals surface area contributed by atoms with E-state index in [-0.39, 0.29) is 26.7 Å². The van der Waals surface area contributed by atoms with Crippen molar-refractivity contribution in [3.8, 4) is 5.75 Å². The van der Waals surface area contributed by atoms with Crippen molar-refractivity contribution in [2.24, 2.45) is 0 Å². The van der Waals surface area contributed by atoms with Crippen LogP contribution in [0.15, 0.2) is 36.4 Å². The summed E-state index contributed by atoms with van der Waals surface area (Å²) < 4.78 is 9.74. The predicted molar refractivity (Wildman–Crippen MR) is 108 cm³/mol. The number of benzene rings is 2. The van der Waals surface area contributed by atoms with Crippen molar-refractivity contribution >= 4 is 52.8 Å². The topological polar surface area (TPSA) is 119 Å². The molecule has 1 aliphatic heterocycles. The summed E-state index contributed by atoms with van der Waals surface area (Å²) in [7, 11) is 1.47. The summed E-state index contributed by atoms with van der Waals surface area (Å²) in [6.07, 6.45) is 0. The Hall–Kier alpha value is -3.43. The van der Waals surface area contributed by atoms with E-state index in [1.165, 1.54) is 31.4 Å². The Morgan fingerprint density at radius 3 is 2.03 bits per heavy atom. The van der Waals surface area contributed by atoms with Crippen LogP contribution in [-0.2, 0) is 14.3 Å². The maximum Gasteiger partial charge on any atom is 0.326 e. The number of fused-ring (bicyclic) bond motifs is 1. The lowest BCUT2D eigenvalue weighted by molar-refractivity contribution is -0.148. The van der Waals surface area contributed by atoms with Gasteiger partial charge in [0.05, 0.1) is 28.3 Å². The average Bonchev–Trinajstić information content (AvgIpc) is 2.97. The SMILES string of the molecule is COc1ccc(C(=O)NC(=O)COC(=O)CN2C(=O)c3cc(Cl)c(Cl)cc3C2=O)cc1. The molecule has 3 rings (SSSR count). The van der Waals surface area contributed by atoms with E-state index in [1.807, 2.05) is 0 Å². The number of ether oxygens (including phenoxy) is 2. The number of halogens is 2. The number of hydrogen-bond acceptors (Lipinski definition) is 7. The minimum absolute atomic E-state index is 0.00929. The van der Waals surface area contributed by atoms with Crippen molar-refractivity contribution in [2.75, 3.05) is 20.3 Å². The molecule has 1 N–H and O–H groups in total. The normalized spacial score (nSPS) is 12.4. The van der Waals surface area contributed by atoms with Gasteiger partial charge in [-0.1, -0.05) is 23.2 Å². The molecular formula is C20H14Cl2N2O7. The van der Waals surface area contributed by atoms with Gasteiger partial charge in [0.2, 0.25) is 0 Å². The maximum atomic E-state index is 12.4. The van der Waals surface area contributed by atoms with Crippen LogP contribution in [0.3, 0.4) is 0 Å². The molecule has 0 radical (unpaired) electrons. The Morgan fingerprint density at radius 1 is 0.968 bits per heavy atom. The molecule has 31 heavy (non-hydrogen) atoms. The van der Waals surface area contributed by atoms with Gasteiger partial charge in [-0.3, -0.25) is 34.2 Å². The molecule has 1 aliphatic rings. The molecule has 0 aromatic heterocycles. The zero-order valence-corrected chi connectivity index (χ0v) is 17.5. The lowest BCUT2D eigenvalue weighted by Gasteiger charge is -2.13. The first-order valence-corrected chi connectivity index (χ1v) is 9.46. The van der Waals surface area contributed by atoms with Crippen molar-refractivity contribution < 1.29 is 33.4 Å². The summed E-state index contributed by atoms with van der Waals surface area (Å²) in [6, 6.07) is 8.47. The number of carbonyl (C=O) groups is 5. The molecular weight excluding hydrogens is 451 g/mol. The van der Waals surface area contributed by atoms with Gasteiger partial charge in [-0.05, 0) is 36.4 Å². The summed E-state index contributed by atoms with van der Waals surface area (Å²) in [5, 5.41) is 2.23. The molecule has 0 saturated carbocycles. The standard InChI is InChI=1S/C20H14Cl2N2O7/c1-30-11-4-2-10(3-5-11)18(27)23-16(25)9-31-17(26)8-24-19(28)12-6-14(21)15(22)7-13(12)20(24)29/h2-7H,8-9H2,1H3,(H,23,25,27). The first kappa shape index (κ1) is 22.3. The summed E-state index contributed by atoms with van der Waals surface area (Å²) in [6.45, 7) is -1.50. The van der Waals surface area contributed by atoms with E-state index in [1.54, 1.807) is 12.1 Å². The number of imide groups is 2. The molecule has 9 nitrogen and oxygen atoms in total. The van der Waals surface area contributed by atoms with Gasteiger partial charge >= 0.3 is 5.97 Å². The smallest absolute Gasteiger partial charge is 0.326 e. The minimum atomic E-state index is -1.02. The summed E-state index contributed by atoms with van der Waals surface area (Å²) in [5.74, 6) is -3.54.